The summed E-state index contributed by atoms with van der Waals surface area (Å²) in [4.78, 5) is 16.4. The molecule has 1 aliphatic rings. The number of nitrogens with zero attached hydrogens (tertiary/aromatic N) is 1. The van der Waals surface area contributed by atoms with Gasteiger partial charge in [-0.05, 0) is 31.0 Å². The van der Waals surface area contributed by atoms with E-state index in [0.717, 1.165) is 12.0 Å². The second-order valence-corrected chi connectivity index (χ2v) is 4.88. The fraction of sp³-hybridized carbons (Fsp3) is 0.385. The van der Waals surface area contributed by atoms with E-state index in [9.17, 15) is 4.79 Å². The maximum Gasteiger partial charge on any atom is 0.256 e. The Bertz CT molecular complexity index is 501. The van der Waals surface area contributed by atoms with E-state index >= 15 is 0 Å². The molecule has 1 fully saturated rings. The molecule has 2 N–H and O–H groups in total. The molecule has 96 valence electrons. The van der Waals surface area contributed by atoms with Gasteiger partial charge in [-0.15, -0.1) is 0 Å². The van der Waals surface area contributed by atoms with Crippen molar-refractivity contribution in [2.45, 2.75) is 25.8 Å². The van der Waals surface area contributed by atoms with Gasteiger partial charge in [0, 0.05) is 11.6 Å². The first-order valence-corrected chi connectivity index (χ1v) is 6.34. The van der Waals surface area contributed by atoms with Gasteiger partial charge in [-0.2, -0.15) is 0 Å². The molecule has 0 radical (unpaired) electrons. The summed E-state index contributed by atoms with van der Waals surface area (Å²) in [6, 6.07) is 7.28. The lowest BCUT2D eigenvalue weighted by Gasteiger charge is -2.21. The zero-order valence-corrected chi connectivity index (χ0v) is 11.2. The SMILES string of the molecule is CCCN=C1NC(=O)C(C)(c2cccc(Cl)c2)N1. The third kappa shape index (κ3) is 2.34. The molecule has 0 aliphatic carbocycles. The standard InChI is InChI=1S/C13H16ClN3O/c1-3-7-15-12-16-11(18)13(2,17-12)9-5-4-6-10(14)8-9/h4-6,8H,3,7H2,1-2H3,(H2,15,16,17,18). The maximum atomic E-state index is 12.1. The first kappa shape index (κ1) is 12.9. The molecule has 2 rings (SSSR count). The highest BCUT2D eigenvalue weighted by atomic mass is 35.5. The third-order valence-electron chi connectivity index (χ3n) is 2.95. The molecule has 1 unspecified atom stereocenters. The molecule has 1 aromatic rings. The summed E-state index contributed by atoms with van der Waals surface area (Å²) >= 11 is 5.96. The largest absolute Gasteiger partial charge is 0.338 e. The van der Waals surface area contributed by atoms with Crippen LogP contribution in [-0.2, 0) is 10.3 Å². The molecule has 18 heavy (non-hydrogen) atoms. The van der Waals surface area contributed by atoms with Crippen molar-refractivity contribution >= 4 is 23.5 Å². The fourth-order valence-corrected chi connectivity index (χ4v) is 2.05. The molecule has 1 amide bonds. The average molecular weight is 266 g/mol. The molecule has 4 nitrogen and oxygen atoms in total. The summed E-state index contributed by atoms with van der Waals surface area (Å²) in [5, 5.41) is 6.49. The van der Waals surface area contributed by atoms with Gasteiger partial charge in [0.1, 0.15) is 5.54 Å². The summed E-state index contributed by atoms with van der Waals surface area (Å²) in [5.74, 6) is 0.420. The van der Waals surface area contributed by atoms with Crippen LogP contribution in [-0.4, -0.2) is 18.4 Å². The summed E-state index contributed by atoms with van der Waals surface area (Å²) < 4.78 is 0. The van der Waals surface area contributed by atoms with Crippen LogP contribution in [0, 0.1) is 0 Å². The number of hydrogen-bond donors (Lipinski definition) is 2. The Morgan fingerprint density at radius 3 is 2.89 bits per heavy atom. The van der Waals surface area contributed by atoms with E-state index in [1.807, 2.05) is 26.0 Å². The van der Waals surface area contributed by atoms with Crippen molar-refractivity contribution in [1.82, 2.24) is 10.6 Å². The maximum absolute atomic E-state index is 12.1. The lowest BCUT2D eigenvalue weighted by atomic mass is 9.92. The number of nitrogens with one attached hydrogen (secondary N) is 2. The first-order valence-electron chi connectivity index (χ1n) is 5.96. The van der Waals surface area contributed by atoms with Crippen molar-refractivity contribution in [1.29, 1.82) is 0 Å². The highest BCUT2D eigenvalue weighted by Gasteiger charge is 2.42. The van der Waals surface area contributed by atoms with Crippen molar-refractivity contribution in [3.8, 4) is 0 Å². The van der Waals surface area contributed by atoms with Gasteiger partial charge in [-0.3, -0.25) is 15.1 Å². The number of carbonyl (C=O) groups excluding carboxylic acids is 1. The number of benzene rings is 1. The molecule has 1 heterocycles. The van der Waals surface area contributed by atoms with E-state index < -0.39 is 5.54 Å². The lowest BCUT2D eigenvalue weighted by molar-refractivity contribution is -0.123. The van der Waals surface area contributed by atoms with E-state index in [0.29, 0.717) is 17.5 Å². The summed E-state index contributed by atoms with van der Waals surface area (Å²) in [5.41, 5.74) is 0.0199. The summed E-state index contributed by atoms with van der Waals surface area (Å²) in [7, 11) is 0. The smallest absolute Gasteiger partial charge is 0.256 e. The van der Waals surface area contributed by atoms with Crippen LogP contribution in [0.3, 0.4) is 0 Å². The highest BCUT2D eigenvalue weighted by molar-refractivity contribution is 6.30. The summed E-state index contributed by atoms with van der Waals surface area (Å²) in [6.07, 6.45) is 0.939. The fourth-order valence-electron chi connectivity index (χ4n) is 1.86. The minimum absolute atomic E-state index is 0.111. The number of carbonyl (C=O) groups is 1. The number of guanidine groups is 1. The number of aliphatic imine (C=N–C) groups is 1. The Labute approximate surface area is 111 Å². The molecule has 0 saturated carbocycles. The van der Waals surface area contributed by atoms with E-state index in [-0.39, 0.29) is 5.91 Å². The Morgan fingerprint density at radius 1 is 1.44 bits per heavy atom. The number of amides is 1. The number of halogens is 1. The Morgan fingerprint density at radius 2 is 2.22 bits per heavy atom. The molecule has 1 saturated heterocycles. The molecule has 0 bridgehead atoms. The topological polar surface area (TPSA) is 53.5 Å². The van der Waals surface area contributed by atoms with Crippen LogP contribution in [0.4, 0.5) is 0 Å². The highest BCUT2D eigenvalue weighted by Crippen LogP contribution is 2.26. The van der Waals surface area contributed by atoms with Gasteiger partial charge in [0.2, 0.25) is 0 Å². The Hall–Kier alpha value is -1.55. The van der Waals surface area contributed by atoms with Crippen molar-refractivity contribution in [3.63, 3.8) is 0 Å². The van der Waals surface area contributed by atoms with Gasteiger partial charge in [0.05, 0.1) is 0 Å². The normalized spacial score (nSPS) is 25.1. The van der Waals surface area contributed by atoms with Crippen LogP contribution in [0.1, 0.15) is 25.8 Å². The van der Waals surface area contributed by atoms with Crippen LogP contribution in [0.25, 0.3) is 0 Å². The van der Waals surface area contributed by atoms with Gasteiger partial charge in [-0.1, -0.05) is 30.7 Å². The molecule has 5 heteroatoms. The van der Waals surface area contributed by atoms with Crippen LogP contribution in [0.5, 0.6) is 0 Å². The van der Waals surface area contributed by atoms with Gasteiger partial charge >= 0.3 is 0 Å². The third-order valence-corrected chi connectivity index (χ3v) is 3.19. The van der Waals surface area contributed by atoms with Crippen LogP contribution >= 0.6 is 11.6 Å². The zero-order valence-electron chi connectivity index (χ0n) is 10.5. The van der Waals surface area contributed by atoms with Gasteiger partial charge in [-0.25, -0.2) is 0 Å². The summed E-state index contributed by atoms with van der Waals surface area (Å²) in [6.45, 7) is 4.55. The molecular formula is C13H16ClN3O. The zero-order chi connectivity index (χ0) is 13.2. The monoisotopic (exact) mass is 265 g/mol. The van der Waals surface area contributed by atoms with E-state index in [1.165, 1.54) is 0 Å². The average Bonchev–Trinajstić information content (AvgIpc) is 2.64. The number of rotatable bonds is 3. The van der Waals surface area contributed by atoms with Crippen molar-refractivity contribution in [2.24, 2.45) is 4.99 Å². The molecule has 1 aromatic carbocycles. The van der Waals surface area contributed by atoms with Crippen LogP contribution in [0.15, 0.2) is 29.3 Å². The van der Waals surface area contributed by atoms with Crippen LogP contribution < -0.4 is 10.6 Å². The Balaban J connectivity index is 2.29. The van der Waals surface area contributed by atoms with Crippen molar-refractivity contribution in [3.05, 3.63) is 34.9 Å². The quantitative estimate of drug-likeness (QED) is 0.879. The second-order valence-electron chi connectivity index (χ2n) is 4.44. The van der Waals surface area contributed by atoms with E-state index in [2.05, 4.69) is 15.6 Å². The molecule has 1 aliphatic heterocycles. The van der Waals surface area contributed by atoms with Crippen molar-refractivity contribution < 1.29 is 4.79 Å². The number of hydrogen-bond acceptors (Lipinski definition) is 2. The Kier molecular flexibility index (Phi) is 3.57. The molecule has 0 spiro atoms. The second kappa shape index (κ2) is 4.98. The van der Waals surface area contributed by atoms with Gasteiger partial charge in [0.15, 0.2) is 5.96 Å². The van der Waals surface area contributed by atoms with Gasteiger partial charge < -0.3 is 5.32 Å². The van der Waals surface area contributed by atoms with E-state index in [4.69, 9.17) is 11.6 Å². The first-order chi connectivity index (χ1) is 8.56. The van der Waals surface area contributed by atoms with Crippen LogP contribution in [0.2, 0.25) is 5.02 Å². The minimum atomic E-state index is -0.808. The predicted octanol–water partition coefficient (Wildman–Crippen LogP) is 2.04. The van der Waals surface area contributed by atoms with E-state index in [1.54, 1.807) is 12.1 Å². The lowest BCUT2D eigenvalue weighted by Crippen LogP contribution is -2.40. The molecule has 0 aromatic heterocycles. The molecule has 1 atom stereocenters. The van der Waals surface area contributed by atoms with Crippen molar-refractivity contribution in [2.75, 3.05) is 6.54 Å². The molecular weight excluding hydrogens is 250 g/mol. The minimum Gasteiger partial charge on any atom is -0.338 e. The van der Waals surface area contributed by atoms with Gasteiger partial charge in [0.25, 0.3) is 5.91 Å². The predicted molar refractivity (Wildman–Crippen MR) is 72.7 cm³/mol.